The van der Waals surface area contributed by atoms with Gasteiger partial charge in [0.25, 0.3) is 7.57 Å². The van der Waals surface area contributed by atoms with Gasteiger partial charge in [0.15, 0.2) is 5.30 Å². The summed E-state index contributed by atoms with van der Waals surface area (Å²) in [5.74, 6) is 0. The van der Waals surface area contributed by atoms with Gasteiger partial charge >= 0.3 is 6.29 Å². The molecule has 0 aliphatic rings. The predicted octanol–water partition coefficient (Wildman–Crippen LogP) is 10.7. The molecule has 0 aliphatic heterocycles. The van der Waals surface area contributed by atoms with Crippen LogP contribution in [0, 0.1) is 0 Å². The first-order chi connectivity index (χ1) is 29.7. The second-order valence-electron chi connectivity index (χ2n) is 13.6. The van der Waals surface area contributed by atoms with Crippen molar-refractivity contribution in [1.82, 2.24) is 0 Å². The topological polar surface area (TPSA) is 21.4 Å². The SMILES string of the molecule is Br.[OH+]=[C]c1ccccc1[P+](F)(c1ccccc1)c1ccccc1.[Pd].c1ccc(P(c2ccccc2)c2ccccc2)cc1.c1ccc(P(c2ccccc2)c2ccccc2)cc1. The predicted molar refractivity (Wildman–Crippen MR) is 273 cm³/mol. The van der Waals surface area contributed by atoms with Crippen LogP contribution in [0.5, 0.6) is 0 Å². The van der Waals surface area contributed by atoms with E-state index in [1.807, 2.05) is 36.4 Å². The zero-order chi connectivity index (χ0) is 41.2. The van der Waals surface area contributed by atoms with Gasteiger partial charge in [-0.3, -0.25) is 4.79 Å². The van der Waals surface area contributed by atoms with E-state index in [0.29, 0.717) is 21.5 Å². The summed E-state index contributed by atoms with van der Waals surface area (Å²) in [4.78, 5) is 9.38. The molecule has 1 N–H and O–H groups in total. The Balaban J connectivity index is 0.000000173. The van der Waals surface area contributed by atoms with Crippen LogP contribution in [0.1, 0.15) is 5.56 Å². The molecule has 0 saturated carbocycles. The Labute approximate surface area is 393 Å². The van der Waals surface area contributed by atoms with Crippen LogP contribution in [0.3, 0.4) is 0 Å². The third-order valence-electron chi connectivity index (χ3n) is 9.67. The monoisotopic (exact) mass is 1020 g/mol. The van der Waals surface area contributed by atoms with E-state index in [1.54, 1.807) is 48.5 Å². The molecule has 0 atom stereocenters. The van der Waals surface area contributed by atoms with Crippen molar-refractivity contribution >= 4 is 94.4 Å². The summed E-state index contributed by atoms with van der Waals surface area (Å²) < 4.78 is 16.4. The van der Waals surface area contributed by atoms with Crippen LogP contribution in [-0.2, 0) is 20.4 Å². The van der Waals surface area contributed by atoms with Gasteiger partial charge in [-0.05, 0) is 88.3 Å². The molecular weight excluding hydrogens is 975 g/mol. The van der Waals surface area contributed by atoms with Gasteiger partial charge in [0.05, 0.1) is 0 Å². The average molecular weight is 1020 g/mol. The van der Waals surface area contributed by atoms with Crippen LogP contribution in [-0.4, -0.2) is 11.1 Å². The minimum atomic E-state index is -3.30. The number of halogens is 2. The van der Waals surface area contributed by atoms with Crippen LogP contribution < -0.4 is 47.7 Å². The van der Waals surface area contributed by atoms with Crippen LogP contribution in [0.4, 0.5) is 4.20 Å². The van der Waals surface area contributed by atoms with E-state index in [4.69, 9.17) is 0 Å². The molecule has 9 rings (SSSR count). The van der Waals surface area contributed by atoms with Gasteiger partial charge in [-0.1, -0.05) is 231 Å². The maximum absolute atomic E-state index is 16.4. The van der Waals surface area contributed by atoms with Crippen molar-refractivity contribution < 1.29 is 29.4 Å². The van der Waals surface area contributed by atoms with Gasteiger partial charge < -0.3 is 0 Å². The standard InChI is InChI=1S/C19H15FOP.2C18H15P.BrH.Pd/c20-22(17-10-3-1-4-11-17,18-12-5-2-6-13-18)19-14-8-7-9-16(19)15-21;2*1-4-10-16(11-5-1)19(17-12-6-2-7-13-17)18-14-8-3-9-15-18;;/h1-14,21H;2*1-15H;1H;/q+2;;;;. The van der Waals surface area contributed by atoms with Gasteiger partial charge in [0.1, 0.15) is 16.2 Å². The van der Waals surface area contributed by atoms with Crippen molar-refractivity contribution in [3.63, 3.8) is 0 Å². The second kappa shape index (κ2) is 25.2. The number of hydrogen-bond donors (Lipinski definition) is 0. The van der Waals surface area contributed by atoms with E-state index < -0.39 is 23.4 Å². The molecule has 0 aliphatic carbocycles. The first-order valence-corrected chi connectivity index (χ1v) is 24.1. The molecule has 0 amide bonds. The van der Waals surface area contributed by atoms with E-state index >= 15 is 4.20 Å². The molecule has 1 radical (unpaired) electrons. The quantitative estimate of drug-likeness (QED) is 0.0740. The molecule has 1 nitrogen and oxygen atoms in total. The van der Waals surface area contributed by atoms with Gasteiger partial charge in [0, 0.05) is 20.4 Å². The Morgan fingerprint density at radius 3 is 0.774 bits per heavy atom. The minimum absolute atomic E-state index is 0. The summed E-state index contributed by atoms with van der Waals surface area (Å²) in [5.41, 5.74) is 0.394. The molecule has 9 aromatic carbocycles. The van der Waals surface area contributed by atoms with E-state index in [1.165, 1.54) is 31.8 Å². The van der Waals surface area contributed by atoms with Crippen LogP contribution in [0.25, 0.3) is 0 Å². The third-order valence-corrected chi connectivity index (χ3v) is 17.6. The van der Waals surface area contributed by atoms with E-state index in [2.05, 4.69) is 188 Å². The first-order valence-electron chi connectivity index (χ1n) is 19.8. The van der Waals surface area contributed by atoms with Crippen molar-refractivity contribution in [2.75, 3.05) is 0 Å². The third kappa shape index (κ3) is 12.3. The molecule has 7 heteroatoms. The van der Waals surface area contributed by atoms with Crippen molar-refractivity contribution in [3.8, 4) is 0 Å². The van der Waals surface area contributed by atoms with Crippen LogP contribution in [0.2, 0.25) is 0 Å². The number of carbonyl (C=O) groups excluding carboxylic acids is 1. The summed E-state index contributed by atoms with van der Waals surface area (Å²) >= 11 is 0. The van der Waals surface area contributed by atoms with Gasteiger partial charge in [0.2, 0.25) is 0 Å². The normalized spacial score (nSPS) is 10.4. The minimum Gasteiger partial charge on any atom is -0.262 e. The second-order valence-corrected chi connectivity index (χ2v) is 20.7. The molecule has 0 spiro atoms. The summed E-state index contributed by atoms with van der Waals surface area (Å²) in [5, 5.41) is 10.1. The summed E-state index contributed by atoms with van der Waals surface area (Å²) in [7, 11) is -4.20. The zero-order valence-corrected chi connectivity index (χ0v) is 39.7. The first kappa shape index (κ1) is 48.1. The maximum atomic E-state index is 16.4. The molecule has 0 saturated heterocycles. The van der Waals surface area contributed by atoms with Crippen molar-refractivity contribution in [1.29, 1.82) is 0 Å². The van der Waals surface area contributed by atoms with Gasteiger partial charge in [-0.15, -0.1) is 17.0 Å². The van der Waals surface area contributed by atoms with Crippen molar-refractivity contribution in [3.05, 3.63) is 272 Å². The smallest absolute Gasteiger partial charge is 0.262 e. The summed E-state index contributed by atoms with van der Waals surface area (Å²) in [6, 6.07) is 89.9. The fourth-order valence-corrected chi connectivity index (χ4v) is 14.3. The average Bonchev–Trinajstić information content (AvgIpc) is 3.34. The number of rotatable bonds is 10. The molecule has 309 valence electrons. The van der Waals surface area contributed by atoms with Gasteiger partial charge in [-0.2, -0.15) is 0 Å². The maximum Gasteiger partial charge on any atom is 0.453 e. The van der Waals surface area contributed by atoms with Crippen molar-refractivity contribution in [2.24, 2.45) is 0 Å². The Morgan fingerprint density at radius 2 is 0.532 bits per heavy atom. The molecule has 9 aromatic rings. The van der Waals surface area contributed by atoms with E-state index in [0.717, 1.165) is 0 Å². The zero-order valence-electron chi connectivity index (χ0n) is 33.8. The molecule has 0 fully saturated rings. The van der Waals surface area contributed by atoms with E-state index in [-0.39, 0.29) is 37.4 Å². The Kier molecular flexibility index (Phi) is 19.5. The molecule has 62 heavy (non-hydrogen) atoms. The molecule has 0 heterocycles. The van der Waals surface area contributed by atoms with E-state index in [9.17, 15) is 4.79 Å². The summed E-state index contributed by atoms with van der Waals surface area (Å²) in [6.07, 6.45) is 2.13. The van der Waals surface area contributed by atoms with Gasteiger partial charge in [-0.25, -0.2) is 0 Å². The number of hydrogen-bond acceptors (Lipinski definition) is 0. The molecule has 0 aromatic heterocycles. The molecular formula is C55H46BrFOP3Pd+2. The molecule has 0 unspecified atom stereocenters. The van der Waals surface area contributed by atoms with Crippen LogP contribution >= 0.6 is 40.4 Å². The fourth-order valence-electron chi connectivity index (χ4n) is 6.89. The largest absolute Gasteiger partial charge is 0.453 e. The Bertz CT molecular complexity index is 2270. The van der Waals surface area contributed by atoms with Crippen molar-refractivity contribution in [2.45, 2.75) is 0 Å². The van der Waals surface area contributed by atoms with Crippen LogP contribution in [0.15, 0.2) is 267 Å². The number of benzene rings is 9. The Morgan fingerprint density at radius 1 is 0.323 bits per heavy atom. The summed E-state index contributed by atoms with van der Waals surface area (Å²) in [6.45, 7) is 0. The fraction of sp³-hybridized carbons (Fsp3) is 0. The Hall–Kier alpha value is -4.99. The molecule has 0 bridgehead atoms.